The van der Waals surface area contributed by atoms with E-state index in [2.05, 4.69) is 49.0 Å². The molecule has 1 aromatic carbocycles. The third-order valence-corrected chi connectivity index (χ3v) is 10.2. The first-order valence-electron chi connectivity index (χ1n) is 13.1. The van der Waals surface area contributed by atoms with Gasteiger partial charge in [-0.05, 0) is 49.1 Å². The van der Waals surface area contributed by atoms with Crippen LogP contribution in [0.3, 0.4) is 0 Å². The molecular formula is C28H46N2OSi. The molecule has 2 rings (SSSR count). The molecule has 0 saturated carbocycles. The van der Waals surface area contributed by atoms with E-state index in [0.717, 1.165) is 36.6 Å². The van der Waals surface area contributed by atoms with E-state index in [9.17, 15) is 0 Å². The lowest BCUT2D eigenvalue weighted by Gasteiger charge is -2.19. The lowest BCUT2D eigenvalue weighted by Crippen LogP contribution is -2.22. The summed E-state index contributed by atoms with van der Waals surface area (Å²) in [6.45, 7) is 10.4. The standard InChI is InChI=1S/C28H46N2OSi/c1-5-7-8-9-10-13-16-25-23-29-28(30-24-25)26-17-19-27(20-18-26)31-21-14-11-12-15-22-32(3,4)6-2/h17-20,23-24H,5-16,21-22H2,1-4H3. The molecule has 0 aliphatic carbocycles. The van der Waals surface area contributed by atoms with Crippen LogP contribution in [0.5, 0.6) is 5.75 Å². The fraction of sp³-hybridized carbons (Fsp3) is 0.643. The van der Waals surface area contributed by atoms with Crippen LogP contribution in [0.15, 0.2) is 36.7 Å². The SMILES string of the molecule is CCCCCCCCc1cnc(-c2ccc(OCCCCCC[Si](C)(C)CC)cc2)nc1. The van der Waals surface area contributed by atoms with Crippen molar-refractivity contribution in [3.8, 4) is 17.1 Å². The predicted molar refractivity (Wildman–Crippen MR) is 141 cm³/mol. The number of unbranched alkanes of at least 4 members (excludes halogenated alkanes) is 8. The molecule has 178 valence electrons. The molecule has 0 radical (unpaired) electrons. The predicted octanol–water partition coefficient (Wildman–Crippen LogP) is 8.71. The fourth-order valence-electron chi connectivity index (χ4n) is 3.87. The first-order chi connectivity index (χ1) is 15.5. The third kappa shape index (κ3) is 10.8. The van der Waals surface area contributed by atoms with Crippen LogP contribution in [0.1, 0.15) is 83.6 Å². The summed E-state index contributed by atoms with van der Waals surface area (Å²) in [4.78, 5) is 9.17. The molecule has 1 aromatic heterocycles. The highest BCUT2D eigenvalue weighted by atomic mass is 28.3. The van der Waals surface area contributed by atoms with Crippen molar-refractivity contribution in [2.75, 3.05) is 6.61 Å². The molecule has 0 amide bonds. The molecule has 0 atom stereocenters. The molecule has 0 aliphatic rings. The minimum Gasteiger partial charge on any atom is -0.494 e. The Morgan fingerprint density at radius 2 is 1.38 bits per heavy atom. The first kappa shape index (κ1) is 26.6. The lowest BCUT2D eigenvalue weighted by molar-refractivity contribution is 0.305. The van der Waals surface area contributed by atoms with Crippen molar-refractivity contribution in [1.82, 2.24) is 9.97 Å². The highest BCUT2D eigenvalue weighted by molar-refractivity contribution is 6.77. The third-order valence-electron chi connectivity index (χ3n) is 6.61. The number of aromatic nitrogens is 2. The van der Waals surface area contributed by atoms with Gasteiger partial charge in [0.2, 0.25) is 0 Å². The van der Waals surface area contributed by atoms with Crippen molar-refractivity contribution in [3.63, 3.8) is 0 Å². The van der Waals surface area contributed by atoms with Gasteiger partial charge in [-0.25, -0.2) is 9.97 Å². The van der Waals surface area contributed by atoms with Crippen molar-refractivity contribution < 1.29 is 4.74 Å². The fourth-order valence-corrected chi connectivity index (χ4v) is 5.43. The number of rotatable bonds is 17. The van der Waals surface area contributed by atoms with Crippen molar-refractivity contribution in [2.24, 2.45) is 0 Å². The maximum atomic E-state index is 5.93. The average Bonchev–Trinajstić information content (AvgIpc) is 2.81. The van der Waals surface area contributed by atoms with Crippen molar-refractivity contribution >= 4 is 8.07 Å². The number of benzene rings is 1. The minimum absolute atomic E-state index is 0.793. The molecule has 3 nitrogen and oxygen atoms in total. The first-order valence-corrected chi connectivity index (χ1v) is 16.5. The summed E-state index contributed by atoms with van der Waals surface area (Å²) in [6, 6.07) is 11.1. The van der Waals surface area contributed by atoms with Gasteiger partial charge in [0.05, 0.1) is 6.61 Å². The monoisotopic (exact) mass is 454 g/mol. The van der Waals surface area contributed by atoms with E-state index in [1.54, 1.807) is 0 Å². The Morgan fingerprint density at radius 1 is 0.750 bits per heavy atom. The minimum atomic E-state index is -0.889. The van der Waals surface area contributed by atoms with E-state index in [1.807, 2.05) is 24.5 Å². The molecule has 0 unspecified atom stereocenters. The second-order valence-corrected chi connectivity index (χ2v) is 15.5. The zero-order chi connectivity index (χ0) is 23.1. The van der Waals surface area contributed by atoms with E-state index in [-0.39, 0.29) is 0 Å². The van der Waals surface area contributed by atoms with Crippen LogP contribution in [0.25, 0.3) is 11.4 Å². The van der Waals surface area contributed by atoms with Gasteiger partial charge in [-0.1, -0.05) is 90.4 Å². The molecule has 0 saturated heterocycles. The van der Waals surface area contributed by atoms with Crippen molar-refractivity contribution in [1.29, 1.82) is 0 Å². The summed E-state index contributed by atoms with van der Waals surface area (Å²) >= 11 is 0. The van der Waals surface area contributed by atoms with Gasteiger partial charge in [0, 0.05) is 26.0 Å². The van der Waals surface area contributed by atoms with Crippen LogP contribution in [-0.4, -0.2) is 24.6 Å². The largest absolute Gasteiger partial charge is 0.494 e. The maximum Gasteiger partial charge on any atom is 0.159 e. The van der Waals surface area contributed by atoms with Crippen molar-refractivity contribution in [2.45, 2.75) is 110 Å². The smallest absolute Gasteiger partial charge is 0.159 e. The summed E-state index contributed by atoms with van der Waals surface area (Å²) in [5.41, 5.74) is 2.29. The van der Waals surface area contributed by atoms with Crippen LogP contribution in [0.4, 0.5) is 0 Å². The Labute approximate surface area is 198 Å². The molecule has 0 bridgehead atoms. The molecule has 0 spiro atoms. The van der Waals surface area contributed by atoms with Crippen LogP contribution in [-0.2, 0) is 6.42 Å². The summed E-state index contributed by atoms with van der Waals surface area (Å²) < 4.78 is 5.93. The van der Waals surface area contributed by atoms with Gasteiger partial charge in [0.1, 0.15) is 5.75 Å². The molecule has 0 N–H and O–H groups in total. The molecule has 0 aliphatic heterocycles. The zero-order valence-corrected chi connectivity index (χ0v) is 22.2. The summed E-state index contributed by atoms with van der Waals surface area (Å²) in [6.07, 6.45) is 18.1. The van der Waals surface area contributed by atoms with Crippen LogP contribution in [0.2, 0.25) is 25.2 Å². The van der Waals surface area contributed by atoms with Gasteiger partial charge in [0.25, 0.3) is 0 Å². The van der Waals surface area contributed by atoms with E-state index in [4.69, 9.17) is 4.74 Å². The highest BCUT2D eigenvalue weighted by Crippen LogP contribution is 2.21. The molecule has 4 heteroatoms. The van der Waals surface area contributed by atoms with E-state index in [1.165, 1.54) is 75.4 Å². The topological polar surface area (TPSA) is 35.0 Å². The Balaban J connectivity index is 1.64. The Bertz CT molecular complexity index is 728. The van der Waals surface area contributed by atoms with Gasteiger partial charge in [-0.15, -0.1) is 0 Å². The second-order valence-electron chi connectivity index (χ2n) is 9.99. The number of aryl methyl sites for hydroxylation is 1. The molecule has 32 heavy (non-hydrogen) atoms. The van der Waals surface area contributed by atoms with Crippen LogP contribution < -0.4 is 4.74 Å². The van der Waals surface area contributed by atoms with Gasteiger partial charge < -0.3 is 4.74 Å². The van der Waals surface area contributed by atoms with Gasteiger partial charge >= 0.3 is 0 Å². The number of hydrogen-bond donors (Lipinski definition) is 0. The average molecular weight is 455 g/mol. The van der Waals surface area contributed by atoms with Gasteiger partial charge in [-0.2, -0.15) is 0 Å². The summed E-state index contributed by atoms with van der Waals surface area (Å²) in [5.74, 6) is 1.73. The highest BCUT2D eigenvalue weighted by Gasteiger charge is 2.16. The Morgan fingerprint density at radius 3 is 2.06 bits per heavy atom. The van der Waals surface area contributed by atoms with E-state index >= 15 is 0 Å². The van der Waals surface area contributed by atoms with Crippen LogP contribution >= 0.6 is 0 Å². The number of hydrogen-bond acceptors (Lipinski definition) is 3. The van der Waals surface area contributed by atoms with E-state index in [0.29, 0.717) is 0 Å². The number of ether oxygens (including phenoxy) is 1. The van der Waals surface area contributed by atoms with Gasteiger partial charge in [0.15, 0.2) is 5.82 Å². The Kier molecular flexibility index (Phi) is 12.6. The van der Waals surface area contributed by atoms with E-state index < -0.39 is 8.07 Å². The summed E-state index contributed by atoms with van der Waals surface area (Å²) in [5, 5.41) is 0. The molecule has 0 fully saturated rings. The molecule has 1 heterocycles. The number of nitrogens with zero attached hydrogens (tertiary/aromatic N) is 2. The zero-order valence-electron chi connectivity index (χ0n) is 21.2. The van der Waals surface area contributed by atoms with Crippen LogP contribution in [0, 0.1) is 0 Å². The molecule has 2 aromatic rings. The normalized spacial score (nSPS) is 11.6. The van der Waals surface area contributed by atoms with Gasteiger partial charge in [-0.3, -0.25) is 0 Å². The summed E-state index contributed by atoms with van der Waals surface area (Å²) in [7, 11) is -0.889. The Hall–Kier alpha value is -1.68. The van der Waals surface area contributed by atoms with Crippen molar-refractivity contribution in [3.05, 3.63) is 42.2 Å². The molecular weight excluding hydrogens is 408 g/mol. The lowest BCUT2D eigenvalue weighted by atomic mass is 10.1. The quantitative estimate of drug-likeness (QED) is 0.177. The second kappa shape index (κ2) is 15.2. The maximum absolute atomic E-state index is 5.93.